The van der Waals surface area contributed by atoms with Crippen molar-refractivity contribution in [2.24, 2.45) is 0 Å². The quantitative estimate of drug-likeness (QED) is 0.899. The molecular weight excluding hydrogens is 314 g/mol. The molecule has 5 heteroatoms. The van der Waals surface area contributed by atoms with Gasteiger partial charge in [0.25, 0.3) is 0 Å². The summed E-state index contributed by atoms with van der Waals surface area (Å²) in [6.45, 7) is 7.38. The number of hydrogen-bond acceptors (Lipinski definition) is 4. The summed E-state index contributed by atoms with van der Waals surface area (Å²) < 4.78 is 0. The Morgan fingerprint density at radius 3 is 2.40 bits per heavy atom. The number of carbonyl (C=O) groups excluding carboxylic acids is 1. The second-order valence-corrected chi connectivity index (χ2v) is 6.57. The molecule has 0 saturated carbocycles. The van der Waals surface area contributed by atoms with Gasteiger partial charge in [-0.1, -0.05) is 12.1 Å². The average Bonchev–Trinajstić information content (AvgIpc) is 2.62. The number of benzene rings is 2. The van der Waals surface area contributed by atoms with Gasteiger partial charge in [-0.3, -0.25) is 9.69 Å². The monoisotopic (exact) mass is 339 g/mol. The van der Waals surface area contributed by atoms with E-state index in [1.807, 2.05) is 50.2 Å². The summed E-state index contributed by atoms with van der Waals surface area (Å²) >= 11 is 0. The summed E-state index contributed by atoms with van der Waals surface area (Å²) in [4.78, 5) is 17.0. The average molecular weight is 339 g/mol. The minimum absolute atomic E-state index is 0.0312. The fourth-order valence-electron chi connectivity index (χ4n) is 3.17. The largest absolute Gasteiger partial charge is 0.508 e. The Morgan fingerprint density at radius 1 is 1.08 bits per heavy atom. The van der Waals surface area contributed by atoms with Crippen molar-refractivity contribution < 1.29 is 9.90 Å². The molecule has 132 valence electrons. The third-order valence-electron chi connectivity index (χ3n) is 4.74. The Balaban J connectivity index is 1.54. The molecule has 5 nitrogen and oxygen atoms in total. The number of piperazine rings is 1. The van der Waals surface area contributed by atoms with Crippen LogP contribution in [-0.2, 0) is 4.79 Å². The maximum Gasteiger partial charge on any atom is 0.241 e. The van der Waals surface area contributed by atoms with Gasteiger partial charge in [-0.25, -0.2) is 0 Å². The lowest BCUT2D eigenvalue weighted by Gasteiger charge is -2.38. The summed E-state index contributed by atoms with van der Waals surface area (Å²) in [5.41, 5.74) is 3.09. The first-order valence-electron chi connectivity index (χ1n) is 8.68. The minimum Gasteiger partial charge on any atom is -0.508 e. The van der Waals surface area contributed by atoms with E-state index in [1.54, 1.807) is 12.1 Å². The smallest absolute Gasteiger partial charge is 0.241 e. The molecule has 0 spiro atoms. The SMILES string of the molecule is Cc1cccc(NC(=O)C(C)N2CCN(c3ccc(O)cc3)CC2)c1. The Hall–Kier alpha value is -2.53. The molecule has 2 aromatic carbocycles. The normalized spacial score (nSPS) is 16.5. The van der Waals surface area contributed by atoms with Gasteiger partial charge in [0.05, 0.1) is 6.04 Å². The Kier molecular flexibility index (Phi) is 5.24. The maximum absolute atomic E-state index is 12.5. The number of anilines is 2. The van der Waals surface area contributed by atoms with E-state index in [4.69, 9.17) is 0 Å². The fourth-order valence-corrected chi connectivity index (χ4v) is 3.17. The number of nitrogens with one attached hydrogen (secondary N) is 1. The van der Waals surface area contributed by atoms with E-state index < -0.39 is 0 Å². The molecule has 0 aromatic heterocycles. The zero-order chi connectivity index (χ0) is 17.8. The van der Waals surface area contributed by atoms with Gasteiger partial charge >= 0.3 is 0 Å². The van der Waals surface area contributed by atoms with E-state index in [0.717, 1.165) is 43.1 Å². The van der Waals surface area contributed by atoms with Crippen LogP contribution < -0.4 is 10.2 Å². The fraction of sp³-hybridized carbons (Fsp3) is 0.350. The van der Waals surface area contributed by atoms with Crippen molar-refractivity contribution in [3.05, 3.63) is 54.1 Å². The highest BCUT2D eigenvalue weighted by Gasteiger charge is 2.25. The molecule has 3 rings (SSSR count). The highest BCUT2D eigenvalue weighted by Crippen LogP contribution is 2.20. The van der Waals surface area contributed by atoms with Gasteiger partial charge in [-0.2, -0.15) is 0 Å². The first-order valence-corrected chi connectivity index (χ1v) is 8.68. The molecule has 1 amide bonds. The third-order valence-corrected chi connectivity index (χ3v) is 4.74. The number of phenols is 1. The van der Waals surface area contributed by atoms with Crippen LogP contribution in [0.4, 0.5) is 11.4 Å². The Bertz CT molecular complexity index is 722. The Labute approximate surface area is 148 Å². The summed E-state index contributed by atoms with van der Waals surface area (Å²) in [7, 11) is 0. The van der Waals surface area contributed by atoms with Gasteiger partial charge in [0.15, 0.2) is 0 Å². The van der Waals surface area contributed by atoms with Crippen LogP contribution in [0.2, 0.25) is 0 Å². The van der Waals surface area contributed by atoms with Crippen LogP contribution in [0.15, 0.2) is 48.5 Å². The van der Waals surface area contributed by atoms with E-state index in [0.29, 0.717) is 0 Å². The lowest BCUT2D eigenvalue weighted by atomic mass is 10.1. The van der Waals surface area contributed by atoms with Crippen molar-refractivity contribution in [1.82, 2.24) is 4.90 Å². The van der Waals surface area contributed by atoms with Crippen molar-refractivity contribution in [2.45, 2.75) is 19.9 Å². The molecule has 1 aliphatic heterocycles. The van der Waals surface area contributed by atoms with Crippen LogP contribution in [0.1, 0.15) is 12.5 Å². The number of rotatable bonds is 4. The van der Waals surface area contributed by atoms with Gasteiger partial charge in [0.2, 0.25) is 5.91 Å². The van der Waals surface area contributed by atoms with Gasteiger partial charge in [0, 0.05) is 37.6 Å². The van der Waals surface area contributed by atoms with Crippen LogP contribution >= 0.6 is 0 Å². The molecule has 1 atom stereocenters. The molecule has 0 bridgehead atoms. The second-order valence-electron chi connectivity index (χ2n) is 6.57. The minimum atomic E-state index is -0.164. The summed E-state index contributed by atoms with van der Waals surface area (Å²) in [5.74, 6) is 0.313. The molecule has 2 aromatic rings. The Morgan fingerprint density at radius 2 is 1.76 bits per heavy atom. The topological polar surface area (TPSA) is 55.8 Å². The van der Waals surface area contributed by atoms with Crippen molar-refractivity contribution in [3.8, 4) is 5.75 Å². The number of aromatic hydroxyl groups is 1. The summed E-state index contributed by atoms with van der Waals surface area (Å²) in [5, 5.41) is 12.4. The van der Waals surface area contributed by atoms with Crippen LogP contribution in [-0.4, -0.2) is 48.1 Å². The predicted molar refractivity (Wildman–Crippen MR) is 101 cm³/mol. The standard InChI is InChI=1S/C20H25N3O2/c1-15-4-3-5-17(14-15)21-20(25)16(2)22-10-12-23(13-11-22)18-6-8-19(24)9-7-18/h3-9,14,16,24H,10-13H2,1-2H3,(H,21,25). The van der Waals surface area contributed by atoms with E-state index in [-0.39, 0.29) is 17.7 Å². The first-order chi connectivity index (χ1) is 12.0. The lowest BCUT2D eigenvalue weighted by Crippen LogP contribution is -2.52. The van der Waals surface area contributed by atoms with Gasteiger partial charge in [-0.15, -0.1) is 0 Å². The number of carbonyl (C=O) groups is 1. The molecular formula is C20H25N3O2. The summed E-state index contributed by atoms with van der Waals surface area (Å²) in [6, 6.07) is 15.0. The number of aryl methyl sites for hydroxylation is 1. The highest BCUT2D eigenvalue weighted by atomic mass is 16.3. The molecule has 1 fully saturated rings. The molecule has 1 heterocycles. The predicted octanol–water partition coefficient (Wildman–Crippen LogP) is 2.85. The number of nitrogens with zero attached hydrogens (tertiary/aromatic N) is 2. The first kappa shape index (κ1) is 17.3. The maximum atomic E-state index is 12.5. The van der Waals surface area contributed by atoms with E-state index in [2.05, 4.69) is 15.1 Å². The molecule has 2 N–H and O–H groups in total. The molecule has 1 unspecified atom stereocenters. The van der Waals surface area contributed by atoms with E-state index >= 15 is 0 Å². The number of phenolic OH excluding ortho intramolecular Hbond substituents is 1. The van der Waals surface area contributed by atoms with Crippen molar-refractivity contribution in [1.29, 1.82) is 0 Å². The van der Waals surface area contributed by atoms with Gasteiger partial charge < -0.3 is 15.3 Å². The van der Waals surface area contributed by atoms with Crippen LogP contribution in [0.5, 0.6) is 5.75 Å². The molecule has 25 heavy (non-hydrogen) atoms. The van der Waals surface area contributed by atoms with Crippen LogP contribution in [0.25, 0.3) is 0 Å². The van der Waals surface area contributed by atoms with Crippen molar-refractivity contribution in [2.75, 3.05) is 36.4 Å². The second kappa shape index (κ2) is 7.57. The number of amides is 1. The van der Waals surface area contributed by atoms with E-state index in [9.17, 15) is 9.90 Å². The lowest BCUT2D eigenvalue weighted by molar-refractivity contribution is -0.120. The van der Waals surface area contributed by atoms with Crippen LogP contribution in [0, 0.1) is 6.92 Å². The highest BCUT2D eigenvalue weighted by molar-refractivity contribution is 5.94. The molecule has 0 aliphatic carbocycles. The van der Waals surface area contributed by atoms with Crippen LogP contribution in [0.3, 0.4) is 0 Å². The zero-order valence-electron chi connectivity index (χ0n) is 14.8. The van der Waals surface area contributed by atoms with E-state index in [1.165, 1.54) is 0 Å². The van der Waals surface area contributed by atoms with Gasteiger partial charge in [-0.05, 0) is 55.8 Å². The molecule has 1 saturated heterocycles. The van der Waals surface area contributed by atoms with Gasteiger partial charge in [0.1, 0.15) is 5.75 Å². The summed E-state index contributed by atoms with van der Waals surface area (Å²) in [6.07, 6.45) is 0. The third kappa shape index (κ3) is 4.31. The molecule has 0 radical (unpaired) electrons. The van der Waals surface area contributed by atoms with Crippen molar-refractivity contribution in [3.63, 3.8) is 0 Å². The molecule has 1 aliphatic rings. The number of hydrogen-bond donors (Lipinski definition) is 2. The zero-order valence-corrected chi connectivity index (χ0v) is 14.8. The van der Waals surface area contributed by atoms with Crippen molar-refractivity contribution >= 4 is 17.3 Å².